The highest BCUT2D eigenvalue weighted by Gasteiger charge is 2.19. The third-order valence-electron chi connectivity index (χ3n) is 6.00. The molecule has 0 aliphatic heterocycles. The fourth-order valence-corrected chi connectivity index (χ4v) is 3.96. The molecule has 194 valence electrons. The van der Waals surface area contributed by atoms with Gasteiger partial charge in [0.25, 0.3) is 0 Å². The molecule has 1 aromatic carbocycles. The molecule has 0 fully saturated rings. The minimum Gasteiger partial charge on any atom is -0.381 e. The molecular formula is C27H19FN12. The second-order valence-electron chi connectivity index (χ2n) is 8.46. The number of aromatic nitrogens is 6. The fraction of sp³-hybridized carbons (Fsp3) is 0.0741. The number of nitriles is 2. The van der Waals surface area contributed by atoms with Crippen LogP contribution in [0, 0.1) is 35.4 Å². The van der Waals surface area contributed by atoms with Crippen molar-refractivity contribution in [3.8, 4) is 35.0 Å². The van der Waals surface area contributed by atoms with Crippen molar-refractivity contribution >= 4 is 23.4 Å². The molecule has 0 saturated carbocycles. The summed E-state index contributed by atoms with van der Waals surface area (Å²) in [5.41, 5.74) is 9.24. The number of fused-ring (bicyclic) bond motifs is 1. The second kappa shape index (κ2) is 10.7. The first-order valence-electron chi connectivity index (χ1n) is 11.8. The van der Waals surface area contributed by atoms with Crippen LogP contribution in [0.2, 0.25) is 0 Å². The Labute approximate surface area is 226 Å². The van der Waals surface area contributed by atoms with Gasteiger partial charge in [-0.2, -0.15) is 15.6 Å². The number of halogens is 1. The predicted octanol–water partition coefficient (Wildman–Crippen LogP) is 2.96. The highest BCUT2D eigenvalue weighted by Crippen LogP contribution is 2.25. The first kappa shape index (κ1) is 25.6. The largest absolute Gasteiger partial charge is 0.381 e. The number of hydrogen-bond acceptors (Lipinski definition) is 11. The van der Waals surface area contributed by atoms with Crippen molar-refractivity contribution in [3.05, 3.63) is 88.6 Å². The van der Waals surface area contributed by atoms with Crippen molar-refractivity contribution in [1.82, 2.24) is 29.5 Å². The Kier molecular flexibility index (Phi) is 6.86. The lowest BCUT2D eigenvalue weighted by Gasteiger charge is -2.10. The first-order valence-corrected chi connectivity index (χ1v) is 11.8. The minimum atomic E-state index is -0.896. The Morgan fingerprint density at radius 3 is 2.67 bits per heavy atom. The molecule has 0 aliphatic carbocycles. The van der Waals surface area contributed by atoms with Gasteiger partial charge in [0.2, 0.25) is 0 Å². The molecule has 0 amide bonds. The van der Waals surface area contributed by atoms with Crippen LogP contribution in [0.4, 0.5) is 10.2 Å². The van der Waals surface area contributed by atoms with E-state index >= 15 is 0 Å². The molecule has 4 aromatic heterocycles. The SMILES string of the molecule is Cc1c(C#N)cccc1-c1nc(N)c(F)c(C(C=NCc2cccc(-c3nnc4cc(C#N)ccn34)n2)=NN)n1. The van der Waals surface area contributed by atoms with E-state index in [2.05, 4.69) is 47.4 Å². The Morgan fingerprint density at radius 1 is 1.07 bits per heavy atom. The lowest BCUT2D eigenvalue weighted by atomic mass is 10.0. The summed E-state index contributed by atoms with van der Waals surface area (Å²) in [5, 5.41) is 30.4. The molecule has 0 bridgehead atoms. The fourth-order valence-electron chi connectivity index (χ4n) is 3.96. The highest BCUT2D eigenvalue weighted by molar-refractivity contribution is 6.37. The zero-order valence-corrected chi connectivity index (χ0v) is 21.0. The average Bonchev–Trinajstić information content (AvgIpc) is 3.40. The van der Waals surface area contributed by atoms with Crippen LogP contribution in [0.5, 0.6) is 0 Å². The molecule has 0 atom stereocenters. The van der Waals surface area contributed by atoms with Gasteiger partial charge in [-0.3, -0.25) is 9.39 Å². The number of pyridine rings is 2. The van der Waals surface area contributed by atoms with Crippen LogP contribution >= 0.6 is 0 Å². The lowest BCUT2D eigenvalue weighted by Crippen LogP contribution is -2.15. The Morgan fingerprint density at radius 2 is 1.90 bits per heavy atom. The number of hydrazone groups is 1. The van der Waals surface area contributed by atoms with Gasteiger partial charge in [0.15, 0.2) is 28.9 Å². The number of nitrogen functional groups attached to an aromatic ring is 1. The van der Waals surface area contributed by atoms with Crippen LogP contribution in [-0.4, -0.2) is 41.5 Å². The molecule has 5 rings (SSSR count). The zero-order chi connectivity index (χ0) is 28.2. The van der Waals surface area contributed by atoms with Gasteiger partial charge >= 0.3 is 0 Å². The Bertz CT molecular complexity index is 1910. The summed E-state index contributed by atoms with van der Waals surface area (Å²) in [4.78, 5) is 17.3. The maximum Gasteiger partial charge on any atom is 0.193 e. The summed E-state index contributed by atoms with van der Waals surface area (Å²) < 4.78 is 16.7. The number of nitrogens with two attached hydrogens (primary N) is 2. The Balaban J connectivity index is 1.42. The lowest BCUT2D eigenvalue weighted by molar-refractivity contribution is 0.617. The van der Waals surface area contributed by atoms with E-state index in [9.17, 15) is 9.65 Å². The van der Waals surface area contributed by atoms with Crippen molar-refractivity contribution in [3.63, 3.8) is 0 Å². The van der Waals surface area contributed by atoms with Crippen LogP contribution in [0.3, 0.4) is 0 Å². The standard InChI is InChI=1S/C27H19FN12/c1-15-17(12-30)4-2-6-19(15)26-35-24(23(28)25(31)36-26)21(37-32)14-33-13-18-5-3-7-20(34-18)27-39-38-22-10-16(11-29)8-9-40(22)27/h2-10,14H,13,32H2,1H3,(H2,31,35,36). The number of hydrogen-bond donors (Lipinski definition) is 2. The van der Waals surface area contributed by atoms with Crippen molar-refractivity contribution in [2.75, 3.05) is 5.73 Å². The monoisotopic (exact) mass is 530 g/mol. The van der Waals surface area contributed by atoms with Gasteiger partial charge in [0, 0.05) is 17.8 Å². The van der Waals surface area contributed by atoms with Crippen molar-refractivity contribution in [1.29, 1.82) is 10.5 Å². The Hall–Kier alpha value is -6.08. The normalized spacial score (nSPS) is 11.6. The second-order valence-corrected chi connectivity index (χ2v) is 8.46. The summed E-state index contributed by atoms with van der Waals surface area (Å²) in [5.74, 6) is 4.89. The van der Waals surface area contributed by atoms with E-state index in [1.165, 1.54) is 6.21 Å². The van der Waals surface area contributed by atoms with E-state index in [0.717, 1.165) is 0 Å². The molecule has 4 N–H and O–H groups in total. The maximum absolute atomic E-state index is 15.0. The average molecular weight is 531 g/mol. The molecule has 0 radical (unpaired) electrons. The number of aliphatic imine (C=N–C) groups is 1. The van der Waals surface area contributed by atoms with Crippen molar-refractivity contribution < 1.29 is 4.39 Å². The third kappa shape index (κ3) is 4.78. The van der Waals surface area contributed by atoms with Gasteiger partial charge < -0.3 is 11.6 Å². The molecule has 4 heterocycles. The van der Waals surface area contributed by atoms with E-state index in [1.54, 1.807) is 66.1 Å². The van der Waals surface area contributed by atoms with Crippen molar-refractivity contribution in [2.45, 2.75) is 13.5 Å². The van der Waals surface area contributed by atoms with E-state index in [4.69, 9.17) is 16.8 Å². The van der Waals surface area contributed by atoms with Gasteiger partial charge in [-0.05, 0) is 36.8 Å². The molecule has 0 unspecified atom stereocenters. The van der Waals surface area contributed by atoms with Gasteiger partial charge in [-0.15, -0.1) is 10.2 Å². The van der Waals surface area contributed by atoms with Crippen LogP contribution in [0.1, 0.15) is 28.1 Å². The van der Waals surface area contributed by atoms with Crippen LogP contribution in [0.15, 0.2) is 64.8 Å². The molecule has 0 saturated heterocycles. The van der Waals surface area contributed by atoms with Crippen molar-refractivity contribution in [2.24, 2.45) is 15.9 Å². The van der Waals surface area contributed by atoms with Gasteiger partial charge in [0.1, 0.15) is 17.1 Å². The first-order chi connectivity index (χ1) is 19.4. The molecular weight excluding hydrogens is 511 g/mol. The van der Waals surface area contributed by atoms with Crippen LogP contribution in [0.25, 0.3) is 28.6 Å². The molecule has 0 aliphatic rings. The predicted molar refractivity (Wildman–Crippen MR) is 145 cm³/mol. The van der Waals surface area contributed by atoms with Crippen LogP contribution < -0.4 is 11.6 Å². The van der Waals surface area contributed by atoms with E-state index in [1.807, 2.05) is 0 Å². The molecule has 13 heteroatoms. The van der Waals surface area contributed by atoms with Gasteiger partial charge in [-0.25, -0.2) is 19.3 Å². The quantitative estimate of drug-likeness (QED) is 0.188. The maximum atomic E-state index is 15.0. The number of anilines is 1. The van der Waals surface area contributed by atoms with Gasteiger partial charge in [0.05, 0.1) is 41.7 Å². The number of nitrogens with zero attached hydrogens (tertiary/aromatic N) is 10. The molecule has 40 heavy (non-hydrogen) atoms. The third-order valence-corrected chi connectivity index (χ3v) is 6.00. The summed E-state index contributed by atoms with van der Waals surface area (Å²) >= 11 is 0. The van der Waals surface area contributed by atoms with E-state index in [-0.39, 0.29) is 23.8 Å². The summed E-state index contributed by atoms with van der Waals surface area (Å²) in [6.45, 7) is 1.85. The summed E-state index contributed by atoms with van der Waals surface area (Å²) in [6.07, 6.45) is 2.98. The summed E-state index contributed by atoms with van der Waals surface area (Å²) in [6, 6.07) is 17.8. The van der Waals surface area contributed by atoms with Crippen LogP contribution in [-0.2, 0) is 6.54 Å². The summed E-state index contributed by atoms with van der Waals surface area (Å²) in [7, 11) is 0. The van der Waals surface area contributed by atoms with E-state index < -0.39 is 11.6 Å². The number of benzene rings is 1. The molecule has 12 nitrogen and oxygen atoms in total. The molecule has 5 aromatic rings. The van der Waals surface area contributed by atoms with Gasteiger partial charge in [-0.1, -0.05) is 18.2 Å². The minimum absolute atomic E-state index is 0.0603. The highest BCUT2D eigenvalue weighted by atomic mass is 19.1. The topological polar surface area (TPSA) is 193 Å². The zero-order valence-electron chi connectivity index (χ0n) is 21.0. The number of rotatable bonds is 6. The van der Waals surface area contributed by atoms with E-state index in [0.29, 0.717) is 45.1 Å². The molecule has 0 spiro atoms. The smallest absolute Gasteiger partial charge is 0.193 e.